The zero-order chi connectivity index (χ0) is 21.3. The number of fused-ring (bicyclic) bond motifs is 1. The van der Waals surface area contributed by atoms with Crippen LogP contribution in [0.2, 0.25) is 0 Å². The zero-order valence-electron chi connectivity index (χ0n) is 16.9. The molecule has 0 aliphatic carbocycles. The lowest BCUT2D eigenvalue weighted by atomic mass is 10.1. The number of carbonyl (C=O) groups excluding carboxylic acids is 2. The van der Waals surface area contributed by atoms with E-state index in [1.807, 2.05) is 23.1 Å². The van der Waals surface area contributed by atoms with Crippen LogP contribution in [0.25, 0.3) is 0 Å². The first-order chi connectivity index (χ1) is 14.4. The number of amides is 2. The Hall–Kier alpha value is -3.26. The standard InChI is InChI=1S/C22H24N4O4/c1-16-14-18(6-7-19(16)26(29)30)22(28)24-12-10-23(11-13-24)15-21(27)25-9-8-17-4-2-3-5-20(17)25/h2-7,14H,8-13,15H2,1H3. The van der Waals surface area contributed by atoms with Crippen molar-refractivity contribution in [1.29, 1.82) is 0 Å². The second-order valence-corrected chi connectivity index (χ2v) is 7.75. The van der Waals surface area contributed by atoms with Gasteiger partial charge in [0.05, 0.1) is 11.5 Å². The molecule has 0 saturated carbocycles. The van der Waals surface area contributed by atoms with Gasteiger partial charge in [0.2, 0.25) is 5.91 Å². The van der Waals surface area contributed by atoms with E-state index in [1.165, 1.54) is 17.7 Å². The molecule has 2 aliphatic rings. The van der Waals surface area contributed by atoms with Crippen LogP contribution in [0.3, 0.4) is 0 Å². The lowest BCUT2D eigenvalue weighted by molar-refractivity contribution is -0.385. The van der Waals surface area contributed by atoms with Crippen LogP contribution in [-0.4, -0.2) is 65.8 Å². The number of para-hydroxylation sites is 1. The third-order valence-corrected chi connectivity index (χ3v) is 5.85. The van der Waals surface area contributed by atoms with Crippen LogP contribution < -0.4 is 4.90 Å². The van der Waals surface area contributed by atoms with Crippen LogP contribution in [0, 0.1) is 17.0 Å². The van der Waals surface area contributed by atoms with Crippen molar-refractivity contribution >= 4 is 23.2 Å². The predicted octanol–water partition coefficient (Wildman–Crippen LogP) is 2.25. The monoisotopic (exact) mass is 408 g/mol. The molecule has 0 aromatic heterocycles. The number of anilines is 1. The summed E-state index contributed by atoms with van der Waals surface area (Å²) in [7, 11) is 0. The summed E-state index contributed by atoms with van der Waals surface area (Å²) < 4.78 is 0. The zero-order valence-corrected chi connectivity index (χ0v) is 16.9. The second-order valence-electron chi connectivity index (χ2n) is 7.75. The summed E-state index contributed by atoms with van der Waals surface area (Å²) >= 11 is 0. The number of hydrogen-bond acceptors (Lipinski definition) is 5. The van der Waals surface area contributed by atoms with Crippen molar-refractivity contribution in [3.63, 3.8) is 0 Å². The minimum Gasteiger partial charge on any atom is -0.336 e. The second kappa shape index (κ2) is 8.23. The maximum absolute atomic E-state index is 12.8. The SMILES string of the molecule is Cc1cc(C(=O)N2CCN(CC(=O)N3CCc4ccccc43)CC2)ccc1[N+](=O)[O-]. The highest BCUT2D eigenvalue weighted by atomic mass is 16.6. The Labute approximate surface area is 174 Å². The Balaban J connectivity index is 1.33. The van der Waals surface area contributed by atoms with Crippen LogP contribution in [0.4, 0.5) is 11.4 Å². The molecule has 8 heteroatoms. The summed E-state index contributed by atoms with van der Waals surface area (Å²) in [5, 5.41) is 11.0. The number of nitrogens with zero attached hydrogens (tertiary/aromatic N) is 4. The molecule has 4 rings (SSSR count). The van der Waals surface area contributed by atoms with E-state index in [0.29, 0.717) is 43.9 Å². The molecule has 0 spiro atoms. The van der Waals surface area contributed by atoms with Gasteiger partial charge in [-0.15, -0.1) is 0 Å². The largest absolute Gasteiger partial charge is 0.336 e. The van der Waals surface area contributed by atoms with Crippen molar-refractivity contribution in [1.82, 2.24) is 9.80 Å². The Kier molecular flexibility index (Phi) is 5.50. The van der Waals surface area contributed by atoms with Crippen molar-refractivity contribution in [3.8, 4) is 0 Å². The molecule has 2 aliphatic heterocycles. The number of aryl methyl sites for hydroxylation is 1. The molecule has 2 aromatic rings. The van der Waals surface area contributed by atoms with Gasteiger partial charge in [-0.3, -0.25) is 24.6 Å². The summed E-state index contributed by atoms with van der Waals surface area (Å²) in [6.45, 7) is 4.99. The number of piperazine rings is 1. The Bertz CT molecular complexity index is 998. The maximum atomic E-state index is 12.8. The van der Waals surface area contributed by atoms with Crippen LogP contribution in [0.5, 0.6) is 0 Å². The summed E-state index contributed by atoms with van der Waals surface area (Å²) in [5.41, 5.74) is 3.15. The minimum atomic E-state index is -0.446. The fourth-order valence-corrected chi connectivity index (χ4v) is 4.16. The molecule has 0 radical (unpaired) electrons. The highest BCUT2D eigenvalue weighted by Gasteiger charge is 2.28. The highest BCUT2D eigenvalue weighted by molar-refractivity contribution is 5.97. The lowest BCUT2D eigenvalue weighted by Gasteiger charge is -2.35. The van der Waals surface area contributed by atoms with Gasteiger partial charge in [0.25, 0.3) is 11.6 Å². The molecule has 0 bridgehead atoms. The number of nitro groups is 1. The van der Waals surface area contributed by atoms with Crippen LogP contribution in [0.15, 0.2) is 42.5 Å². The average molecular weight is 408 g/mol. The molecule has 8 nitrogen and oxygen atoms in total. The van der Waals surface area contributed by atoms with E-state index in [0.717, 1.165) is 18.7 Å². The molecule has 30 heavy (non-hydrogen) atoms. The molecule has 156 valence electrons. The van der Waals surface area contributed by atoms with Gasteiger partial charge in [-0.1, -0.05) is 18.2 Å². The van der Waals surface area contributed by atoms with E-state index in [4.69, 9.17) is 0 Å². The third kappa shape index (κ3) is 3.91. The Morgan fingerprint density at radius 1 is 1.03 bits per heavy atom. The molecule has 1 fully saturated rings. The average Bonchev–Trinajstić information content (AvgIpc) is 3.18. The van der Waals surface area contributed by atoms with Gasteiger partial charge in [0.1, 0.15) is 0 Å². The van der Waals surface area contributed by atoms with E-state index in [-0.39, 0.29) is 17.5 Å². The third-order valence-electron chi connectivity index (χ3n) is 5.85. The molecule has 2 heterocycles. The first-order valence-corrected chi connectivity index (χ1v) is 10.1. The van der Waals surface area contributed by atoms with E-state index in [9.17, 15) is 19.7 Å². The minimum absolute atomic E-state index is 0.0124. The van der Waals surface area contributed by atoms with E-state index < -0.39 is 4.92 Å². The van der Waals surface area contributed by atoms with E-state index >= 15 is 0 Å². The van der Waals surface area contributed by atoms with E-state index in [1.54, 1.807) is 17.9 Å². The van der Waals surface area contributed by atoms with Crippen molar-refractivity contribution in [2.75, 3.05) is 44.2 Å². The molecular formula is C22H24N4O4. The maximum Gasteiger partial charge on any atom is 0.272 e. The predicted molar refractivity (Wildman–Crippen MR) is 113 cm³/mol. The van der Waals surface area contributed by atoms with Gasteiger partial charge in [0, 0.05) is 55.6 Å². The molecule has 2 aromatic carbocycles. The topological polar surface area (TPSA) is 87.0 Å². The van der Waals surface area contributed by atoms with Crippen molar-refractivity contribution in [2.24, 2.45) is 0 Å². The van der Waals surface area contributed by atoms with Crippen molar-refractivity contribution in [2.45, 2.75) is 13.3 Å². The summed E-state index contributed by atoms with van der Waals surface area (Å²) in [6.07, 6.45) is 0.888. The van der Waals surface area contributed by atoms with E-state index in [2.05, 4.69) is 11.0 Å². The number of hydrogen-bond donors (Lipinski definition) is 0. The summed E-state index contributed by atoms with van der Waals surface area (Å²) in [4.78, 5) is 41.8. The first-order valence-electron chi connectivity index (χ1n) is 10.1. The molecule has 0 atom stereocenters. The molecular weight excluding hydrogens is 384 g/mol. The van der Waals surface area contributed by atoms with Crippen LogP contribution in [0.1, 0.15) is 21.5 Å². The van der Waals surface area contributed by atoms with Gasteiger partial charge in [-0.2, -0.15) is 0 Å². The van der Waals surface area contributed by atoms with Crippen LogP contribution >= 0.6 is 0 Å². The van der Waals surface area contributed by atoms with Gasteiger partial charge in [-0.05, 0) is 37.1 Å². The van der Waals surface area contributed by atoms with Crippen LogP contribution in [-0.2, 0) is 11.2 Å². The highest BCUT2D eigenvalue weighted by Crippen LogP contribution is 2.27. The summed E-state index contributed by atoms with van der Waals surface area (Å²) in [6, 6.07) is 12.5. The normalized spacial score (nSPS) is 16.4. The number of benzene rings is 2. The first kappa shape index (κ1) is 20.0. The Morgan fingerprint density at radius 2 is 1.77 bits per heavy atom. The number of nitro benzene ring substituents is 1. The Morgan fingerprint density at radius 3 is 2.47 bits per heavy atom. The van der Waals surface area contributed by atoms with Crippen molar-refractivity contribution in [3.05, 3.63) is 69.3 Å². The fourth-order valence-electron chi connectivity index (χ4n) is 4.16. The molecule has 2 amide bonds. The smallest absolute Gasteiger partial charge is 0.272 e. The number of carbonyl (C=O) groups is 2. The van der Waals surface area contributed by atoms with Gasteiger partial charge in [-0.25, -0.2) is 0 Å². The quantitative estimate of drug-likeness (QED) is 0.572. The molecule has 1 saturated heterocycles. The van der Waals surface area contributed by atoms with Crippen molar-refractivity contribution < 1.29 is 14.5 Å². The lowest BCUT2D eigenvalue weighted by Crippen LogP contribution is -2.51. The number of rotatable bonds is 4. The molecule has 0 unspecified atom stereocenters. The van der Waals surface area contributed by atoms with Gasteiger partial charge in [0.15, 0.2) is 0 Å². The fraction of sp³-hybridized carbons (Fsp3) is 0.364. The molecule has 0 N–H and O–H groups in total. The van der Waals surface area contributed by atoms with Gasteiger partial charge >= 0.3 is 0 Å². The van der Waals surface area contributed by atoms with Gasteiger partial charge < -0.3 is 9.80 Å². The summed E-state index contributed by atoms with van der Waals surface area (Å²) in [5.74, 6) is -0.0434.